The summed E-state index contributed by atoms with van der Waals surface area (Å²) in [6.07, 6.45) is 1.59. The Balaban J connectivity index is 1.99. The highest BCUT2D eigenvalue weighted by molar-refractivity contribution is 7.93. The van der Waals surface area contributed by atoms with Crippen LogP contribution in [-0.2, 0) is 15.4 Å². The van der Waals surface area contributed by atoms with E-state index in [0.29, 0.717) is 17.4 Å². The molecule has 0 aliphatic carbocycles. The molecular weight excluding hydrogens is 396 g/mol. The first-order valence-electron chi connectivity index (χ1n) is 9.17. The molecule has 2 aromatic heterocycles. The van der Waals surface area contributed by atoms with Gasteiger partial charge < -0.3 is 4.74 Å². The summed E-state index contributed by atoms with van der Waals surface area (Å²) in [6, 6.07) is 5.58. The van der Waals surface area contributed by atoms with Gasteiger partial charge in [0.1, 0.15) is 10.6 Å². The van der Waals surface area contributed by atoms with Gasteiger partial charge in [-0.2, -0.15) is 5.10 Å². The van der Waals surface area contributed by atoms with Gasteiger partial charge in [0.05, 0.1) is 22.5 Å². The molecule has 7 nitrogen and oxygen atoms in total. The van der Waals surface area contributed by atoms with Crippen molar-refractivity contribution in [2.24, 2.45) is 0 Å². The van der Waals surface area contributed by atoms with E-state index in [1.54, 1.807) is 10.9 Å². The second kappa shape index (κ2) is 7.36. The SMILES string of the molecule is CCOc1ccc2nc(NS(=O)(=O)c3cn(C(C)C)nc3C(C)(C)C)sc2c1. The van der Waals surface area contributed by atoms with Crippen molar-refractivity contribution in [1.82, 2.24) is 14.8 Å². The van der Waals surface area contributed by atoms with Crippen LogP contribution in [0.2, 0.25) is 0 Å². The van der Waals surface area contributed by atoms with E-state index >= 15 is 0 Å². The van der Waals surface area contributed by atoms with Crippen LogP contribution in [0.5, 0.6) is 5.75 Å². The van der Waals surface area contributed by atoms with Crippen LogP contribution in [-0.4, -0.2) is 29.8 Å². The third-order valence-corrected chi connectivity index (χ3v) is 6.52. The van der Waals surface area contributed by atoms with Crippen molar-refractivity contribution in [2.45, 2.75) is 57.9 Å². The summed E-state index contributed by atoms with van der Waals surface area (Å²) in [7, 11) is -3.82. The Morgan fingerprint density at radius 1 is 1.29 bits per heavy atom. The van der Waals surface area contributed by atoms with E-state index in [2.05, 4.69) is 14.8 Å². The van der Waals surface area contributed by atoms with Crippen molar-refractivity contribution >= 4 is 36.7 Å². The summed E-state index contributed by atoms with van der Waals surface area (Å²) in [5.74, 6) is 0.737. The third-order valence-electron chi connectivity index (χ3n) is 4.12. The van der Waals surface area contributed by atoms with Gasteiger partial charge in [0.2, 0.25) is 0 Å². The van der Waals surface area contributed by atoms with Crippen molar-refractivity contribution in [3.8, 4) is 5.75 Å². The number of nitrogens with one attached hydrogen (secondary N) is 1. The van der Waals surface area contributed by atoms with Gasteiger partial charge in [-0.15, -0.1) is 0 Å². The number of aromatic nitrogens is 3. The normalized spacial score (nSPS) is 12.7. The average molecular weight is 423 g/mol. The van der Waals surface area contributed by atoms with Gasteiger partial charge in [-0.25, -0.2) is 13.4 Å². The molecule has 0 unspecified atom stereocenters. The molecule has 0 spiro atoms. The third kappa shape index (κ3) is 4.15. The highest BCUT2D eigenvalue weighted by atomic mass is 32.2. The fraction of sp³-hybridized carbons (Fsp3) is 0.474. The molecule has 0 amide bonds. The molecule has 28 heavy (non-hydrogen) atoms. The Morgan fingerprint density at radius 2 is 2.00 bits per heavy atom. The Morgan fingerprint density at radius 3 is 2.61 bits per heavy atom. The first kappa shape index (κ1) is 20.6. The number of benzene rings is 1. The number of hydrogen-bond donors (Lipinski definition) is 1. The number of rotatable bonds is 6. The zero-order valence-corrected chi connectivity index (χ0v) is 18.6. The summed E-state index contributed by atoms with van der Waals surface area (Å²) in [5, 5.41) is 4.85. The summed E-state index contributed by atoms with van der Waals surface area (Å²) >= 11 is 1.28. The maximum absolute atomic E-state index is 13.1. The molecule has 9 heteroatoms. The predicted octanol–water partition coefficient (Wildman–Crippen LogP) is 4.57. The average Bonchev–Trinajstić information content (AvgIpc) is 3.18. The van der Waals surface area contributed by atoms with E-state index in [-0.39, 0.29) is 10.9 Å². The second-order valence-corrected chi connectivity index (χ2v) is 10.5. The maximum Gasteiger partial charge on any atom is 0.267 e. The minimum absolute atomic E-state index is 0.0597. The second-order valence-electron chi connectivity index (χ2n) is 7.85. The first-order valence-corrected chi connectivity index (χ1v) is 11.5. The zero-order chi connectivity index (χ0) is 20.7. The van der Waals surface area contributed by atoms with Gasteiger partial charge in [0.15, 0.2) is 5.13 Å². The lowest BCUT2D eigenvalue weighted by Crippen LogP contribution is -2.20. The Kier molecular flexibility index (Phi) is 5.42. The molecule has 0 saturated heterocycles. The summed E-state index contributed by atoms with van der Waals surface area (Å²) in [5.41, 5.74) is 0.845. The number of hydrogen-bond acceptors (Lipinski definition) is 6. The number of sulfonamides is 1. The monoisotopic (exact) mass is 422 g/mol. The van der Waals surface area contributed by atoms with E-state index in [9.17, 15) is 8.42 Å². The fourth-order valence-electron chi connectivity index (χ4n) is 2.73. The molecule has 0 aliphatic heterocycles. The van der Waals surface area contributed by atoms with Gasteiger partial charge in [0, 0.05) is 17.7 Å². The van der Waals surface area contributed by atoms with Crippen LogP contribution < -0.4 is 9.46 Å². The number of thiazole rings is 1. The number of anilines is 1. The molecule has 0 saturated carbocycles. The van der Waals surface area contributed by atoms with E-state index in [4.69, 9.17) is 4.74 Å². The molecule has 1 N–H and O–H groups in total. The Bertz CT molecular complexity index is 1090. The molecule has 1 aromatic carbocycles. The molecule has 0 bridgehead atoms. The minimum atomic E-state index is -3.82. The van der Waals surface area contributed by atoms with Crippen LogP contribution in [0.25, 0.3) is 10.2 Å². The molecule has 0 aliphatic rings. The summed E-state index contributed by atoms with van der Waals surface area (Å²) in [4.78, 5) is 4.59. The van der Waals surface area contributed by atoms with Crippen molar-refractivity contribution in [3.63, 3.8) is 0 Å². The Labute approximate surface area is 169 Å². The van der Waals surface area contributed by atoms with Crippen molar-refractivity contribution in [3.05, 3.63) is 30.1 Å². The molecule has 152 valence electrons. The predicted molar refractivity (Wildman–Crippen MR) is 113 cm³/mol. The standard InChI is InChI=1S/C19H26N4O3S2/c1-7-26-13-8-9-14-15(10-13)27-18(20-14)22-28(24,25)16-11-23(12(2)3)21-17(16)19(4,5)6/h8-12H,7H2,1-6H3,(H,20,22). The highest BCUT2D eigenvalue weighted by Crippen LogP contribution is 2.33. The molecular formula is C19H26N4O3S2. The lowest BCUT2D eigenvalue weighted by molar-refractivity contribution is 0.341. The van der Waals surface area contributed by atoms with Gasteiger partial charge in [-0.1, -0.05) is 32.1 Å². The van der Waals surface area contributed by atoms with Crippen molar-refractivity contribution in [1.29, 1.82) is 0 Å². The minimum Gasteiger partial charge on any atom is -0.494 e. The molecule has 0 radical (unpaired) electrons. The fourth-order valence-corrected chi connectivity index (χ4v) is 5.21. The number of nitrogens with zero attached hydrogens (tertiary/aromatic N) is 3. The lowest BCUT2D eigenvalue weighted by atomic mass is 9.92. The van der Waals surface area contributed by atoms with Crippen molar-refractivity contribution in [2.75, 3.05) is 11.3 Å². The van der Waals surface area contributed by atoms with Gasteiger partial charge in [0.25, 0.3) is 10.0 Å². The van der Waals surface area contributed by atoms with E-state index in [1.807, 2.05) is 59.7 Å². The topological polar surface area (TPSA) is 86.1 Å². The van der Waals surface area contributed by atoms with Crippen molar-refractivity contribution < 1.29 is 13.2 Å². The molecule has 3 aromatic rings. The maximum atomic E-state index is 13.1. The molecule has 3 rings (SSSR count). The highest BCUT2D eigenvalue weighted by Gasteiger charge is 2.31. The van der Waals surface area contributed by atoms with Gasteiger partial charge >= 0.3 is 0 Å². The summed E-state index contributed by atoms with van der Waals surface area (Å²) < 4.78 is 36.9. The zero-order valence-electron chi connectivity index (χ0n) is 17.0. The van der Waals surface area contributed by atoms with Crippen LogP contribution in [0.3, 0.4) is 0 Å². The van der Waals surface area contributed by atoms with Crippen LogP contribution in [0.4, 0.5) is 5.13 Å². The Hall–Kier alpha value is -2.13. The van der Waals surface area contributed by atoms with Crippen LogP contribution in [0, 0.1) is 0 Å². The number of fused-ring (bicyclic) bond motifs is 1. The summed E-state index contributed by atoms with van der Waals surface area (Å²) in [6.45, 7) is 12.3. The molecule has 0 fully saturated rings. The van der Waals surface area contributed by atoms with Gasteiger partial charge in [-0.05, 0) is 39.0 Å². The van der Waals surface area contributed by atoms with Crippen LogP contribution in [0.1, 0.15) is 53.3 Å². The molecule has 0 atom stereocenters. The van der Waals surface area contributed by atoms with E-state index in [0.717, 1.165) is 16.0 Å². The van der Waals surface area contributed by atoms with Crippen LogP contribution >= 0.6 is 11.3 Å². The quantitative estimate of drug-likeness (QED) is 0.629. The number of ether oxygens (including phenoxy) is 1. The smallest absolute Gasteiger partial charge is 0.267 e. The van der Waals surface area contributed by atoms with Crippen LogP contribution in [0.15, 0.2) is 29.3 Å². The van der Waals surface area contributed by atoms with E-state index in [1.165, 1.54) is 11.3 Å². The van der Waals surface area contributed by atoms with Gasteiger partial charge in [-0.3, -0.25) is 9.40 Å². The van der Waals surface area contributed by atoms with E-state index < -0.39 is 15.4 Å². The largest absolute Gasteiger partial charge is 0.494 e. The first-order chi connectivity index (χ1) is 13.0. The lowest BCUT2D eigenvalue weighted by Gasteiger charge is -2.17. The molecule has 2 heterocycles.